The Balaban J connectivity index is 2.63. The molecule has 0 fully saturated rings. The molecule has 1 N–H and O–H groups in total. The first-order chi connectivity index (χ1) is 8.35. The predicted octanol–water partition coefficient (Wildman–Crippen LogP) is 3.52. The van der Waals surface area contributed by atoms with Crippen molar-refractivity contribution in [2.75, 3.05) is 0 Å². The fraction of sp³-hybridized carbons (Fsp3) is 0.500. The van der Waals surface area contributed by atoms with Crippen molar-refractivity contribution in [2.45, 2.75) is 45.8 Å². The second-order valence-electron chi connectivity index (χ2n) is 4.92. The summed E-state index contributed by atoms with van der Waals surface area (Å²) in [7, 11) is 0. The number of nitrogens with one attached hydrogen (secondary N) is 1. The van der Waals surface area contributed by atoms with E-state index in [9.17, 15) is 4.79 Å². The fourth-order valence-corrected chi connectivity index (χ4v) is 1.69. The first kappa shape index (κ1) is 15.0. The summed E-state index contributed by atoms with van der Waals surface area (Å²) in [4.78, 5) is 12.0. The van der Waals surface area contributed by atoms with E-state index in [-0.39, 0.29) is 11.4 Å². The maximum absolute atomic E-state index is 12.0. The Hall–Kier alpha value is -1.03. The van der Waals surface area contributed by atoms with Crippen LogP contribution in [-0.2, 0) is 4.79 Å². The molecule has 100 valence electrons. The van der Waals surface area contributed by atoms with E-state index in [1.54, 1.807) is 6.92 Å². The third-order valence-corrected chi connectivity index (χ3v) is 3.51. The third kappa shape index (κ3) is 4.33. The third-order valence-electron chi connectivity index (χ3n) is 2.86. The number of hydrogen-bond donors (Lipinski definition) is 1. The summed E-state index contributed by atoms with van der Waals surface area (Å²) in [6, 6.07) is 7.50. The van der Waals surface area contributed by atoms with Gasteiger partial charge in [0.2, 0.25) is 0 Å². The molecule has 0 aliphatic carbocycles. The van der Waals surface area contributed by atoms with Crippen LogP contribution in [0.25, 0.3) is 0 Å². The summed E-state index contributed by atoms with van der Waals surface area (Å²) >= 11 is 3.39. The van der Waals surface area contributed by atoms with Gasteiger partial charge in [0.05, 0.1) is 4.47 Å². The van der Waals surface area contributed by atoms with Crippen molar-refractivity contribution in [1.82, 2.24) is 5.32 Å². The van der Waals surface area contributed by atoms with Gasteiger partial charge in [-0.2, -0.15) is 0 Å². The fourth-order valence-electron chi connectivity index (χ4n) is 1.31. The van der Waals surface area contributed by atoms with Gasteiger partial charge in [-0.3, -0.25) is 4.79 Å². The molecule has 0 bridgehead atoms. The molecule has 18 heavy (non-hydrogen) atoms. The van der Waals surface area contributed by atoms with Crippen LogP contribution in [0.2, 0.25) is 0 Å². The predicted molar refractivity (Wildman–Crippen MR) is 76.7 cm³/mol. The molecule has 1 unspecified atom stereocenters. The molecule has 0 heterocycles. The Morgan fingerprint density at radius 2 is 2.06 bits per heavy atom. The quantitative estimate of drug-likeness (QED) is 0.903. The molecule has 0 aliphatic rings. The lowest BCUT2D eigenvalue weighted by Gasteiger charge is -2.26. The Labute approximate surface area is 117 Å². The number of benzene rings is 1. The van der Waals surface area contributed by atoms with E-state index in [4.69, 9.17) is 4.74 Å². The summed E-state index contributed by atoms with van der Waals surface area (Å²) in [5, 5.41) is 2.97. The largest absolute Gasteiger partial charge is 0.480 e. The zero-order chi connectivity index (χ0) is 13.8. The molecule has 0 saturated carbocycles. The van der Waals surface area contributed by atoms with Crippen LogP contribution < -0.4 is 10.1 Å². The second-order valence-corrected chi connectivity index (χ2v) is 5.77. The van der Waals surface area contributed by atoms with Crippen LogP contribution in [0, 0.1) is 0 Å². The smallest absolute Gasteiger partial charge is 0.261 e. The van der Waals surface area contributed by atoms with E-state index >= 15 is 0 Å². The second kappa shape index (κ2) is 6.23. The lowest BCUT2D eigenvalue weighted by molar-refractivity contribution is -0.129. The molecule has 0 aliphatic heterocycles. The molecule has 1 aromatic carbocycles. The Morgan fingerprint density at radius 1 is 1.44 bits per heavy atom. The van der Waals surface area contributed by atoms with E-state index in [2.05, 4.69) is 21.2 Å². The van der Waals surface area contributed by atoms with E-state index < -0.39 is 6.10 Å². The normalized spacial score (nSPS) is 12.9. The van der Waals surface area contributed by atoms with Gasteiger partial charge in [0.25, 0.3) is 5.91 Å². The molecule has 3 nitrogen and oxygen atoms in total. The van der Waals surface area contributed by atoms with Gasteiger partial charge >= 0.3 is 0 Å². The number of ether oxygens (including phenoxy) is 1. The lowest BCUT2D eigenvalue weighted by Crippen LogP contribution is -2.48. The average molecular weight is 314 g/mol. The SMILES string of the molecule is CCC(C)(C)NC(=O)C(C)Oc1ccccc1Br. The molecule has 4 heteroatoms. The number of halogens is 1. The topological polar surface area (TPSA) is 38.3 Å². The molecular formula is C14H20BrNO2. The monoisotopic (exact) mass is 313 g/mol. The molecule has 0 radical (unpaired) electrons. The number of amides is 1. The summed E-state index contributed by atoms with van der Waals surface area (Å²) in [5.74, 6) is 0.576. The molecule has 0 saturated heterocycles. The van der Waals surface area contributed by atoms with Crippen LogP contribution in [0.3, 0.4) is 0 Å². The van der Waals surface area contributed by atoms with Gasteiger partial charge in [-0.05, 0) is 55.3 Å². The van der Waals surface area contributed by atoms with Crippen LogP contribution in [0.4, 0.5) is 0 Å². The van der Waals surface area contributed by atoms with Crippen molar-refractivity contribution in [1.29, 1.82) is 0 Å². The van der Waals surface area contributed by atoms with Crippen LogP contribution >= 0.6 is 15.9 Å². The number of hydrogen-bond acceptors (Lipinski definition) is 2. The highest BCUT2D eigenvalue weighted by molar-refractivity contribution is 9.10. The molecule has 1 rings (SSSR count). The Bertz CT molecular complexity index is 418. The highest BCUT2D eigenvalue weighted by atomic mass is 79.9. The minimum Gasteiger partial charge on any atom is -0.480 e. The number of rotatable bonds is 5. The van der Waals surface area contributed by atoms with Gasteiger partial charge in [-0.1, -0.05) is 19.1 Å². The summed E-state index contributed by atoms with van der Waals surface area (Å²) in [6.07, 6.45) is 0.357. The van der Waals surface area contributed by atoms with Crippen molar-refractivity contribution in [3.8, 4) is 5.75 Å². The lowest BCUT2D eigenvalue weighted by atomic mass is 10.0. The molecular weight excluding hydrogens is 294 g/mol. The molecule has 1 aromatic rings. The van der Waals surface area contributed by atoms with E-state index in [1.165, 1.54) is 0 Å². The minimum absolute atomic E-state index is 0.0994. The maximum Gasteiger partial charge on any atom is 0.261 e. The zero-order valence-corrected chi connectivity index (χ0v) is 12.9. The van der Waals surface area contributed by atoms with E-state index in [0.29, 0.717) is 5.75 Å². The standard InChI is InChI=1S/C14H20BrNO2/c1-5-14(3,4)16-13(17)10(2)18-12-9-7-6-8-11(12)15/h6-10H,5H2,1-4H3,(H,16,17). The van der Waals surface area contributed by atoms with Crippen molar-refractivity contribution in [3.63, 3.8) is 0 Å². The first-order valence-corrected chi connectivity index (χ1v) is 6.88. The number of carbonyl (C=O) groups excluding carboxylic acids is 1. The number of carbonyl (C=O) groups is 1. The molecule has 1 amide bonds. The van der Waals surface area contributed by atoms with Gasteiger partial charge < -0.3 is 10.1 Å². The van der Waals surface area contributed by atoms with Gasteiger partial charge in [-0.15, -0.1) is 0 Å². The summed E-state index contributed by atoms with van der Waals surface area (Å²) in [5.41, 5.74) is -0.206. The molecule has 0 aromatic heterocycles. The highest BCUT2D eigenvalue weighted by Crippen LogP contribution is 2.24. The van der Waals surface area contributed by atoms with Crippen LogP contribution in [0.15, 0.2) is 28.7 Å². The Morgan fingerprint density at radius 3 is 2.61 bits per heavy atom. The van der Waals surface area contributed by atoms with E-state index in [0.717, 1.165) is 10.9 Å². The van der Waals surface area contributed by atoms with E-state index in [1.807, 2.05) is 45.0 Å². The Kier molecular flexibility index (Phi) is 5.20. The average Bonchev–Trinajstić information content (AvgIpc) is 2.31. The number of para-hydroxylation sites is 1. The van der Waals surface area contributed by atoms with Crippen LogP contribution in [-0.4, -0.2) is 17.6 Å². The van der Waals surface area contributed by atoms with Gasteiger partial charge in [0.15, 0.2) is 6.10 Å². The highest BCUT2D eigenvalue weighted by Gasteiger charge is 2.23. The molecule has 0 spiro atoms. The minimum atomic E-state index is -0.519. The van der Waals surface area contributed by atoms with Crippen LogP contribution in [0.1, 0.15) is 34.1 Å². The zero-order valence-electron chi connectivity index (χ0n) is 11.3. The van der Waals surface area contributed by atoms with Crippen molar-refractivity contribution in [2.24, 2.45) is 0 Å². The van der Waals surface area contributed by atoms with Gasteiger partial charge in [0, 0.05) is 5.54 Å². The van der Waals surface area contributed by atoms with Gasteiger partial charge in [0.1, 0.15) is 5.75 Å². The van der Waals surface area contributed by atoms with Crippen LogP contribution in [0.5, 0.6) is 5.75 Å². The first-order valence-electron chi connectivity index (χ1n) is 6.09. The van der Waals surface area contributed by atoms with Crippen molar-refractivity contribution >= 4 is 21.8 Å². The summed E-state index contributed by atoms with van der Waals surface area (Å²) < 4.78 is 6.49. The summed E-state index contributed by atoms with van der Waals surface area (Å²) in [6.45, 7) is 7.78. The maximum atomic E-state index is 12.0. The van der Waals surface area contributed by atoms with Gasteiger partial charge in [-0.25, -0.2) is 0 Å². The van der Waals surface area contributed by atoms with Crippen molar-refractivity contribution in [3.05, 3.63) is 28.7 Å². The molecule has 1 atom stereocenters. The van der Waals surface area contributed by atoms with Crippen molar-refractivity contribution < 1.29 is 9.53 Å².